The molecule has 3 heterocycles. The molecule has 2 aliphatic rings. The molecule has 0 aliphatic carbocycles. The highest BCUT2D eigenvalue weighted by molar-refractivity contribution is 7.92. The van der Waals surface area contributed by atoms with Crippen molar-refractivity contribution in [2.45, 2.75) is 56.3 Å². The predicted octanol–water partition coefficient (Wildman–Crippen LogP) is 5.80. The Morgan fingerprint density at radius 2 is 1.67 bits per heavy atom. The van der Waals surface area contributed by atoms with E-state index in [9.17, 15) is 22.9 Å². The number of aromatic nitrogens is 1. The van der Waals surface area contributed by atoms with E-state index >= 15 is 0 Å². The third kappa shape index (κ3) is 7.22. The molecule has 0 unspecified atom stereocenters. The largest absolute Gasteiger partial charge is 0.505 e. The highest BCUT2D eigenvalue weighted by Crippen LogP contribution is 2.42. The number of aromatic hydroxyl groups is 1. The van der Waals surface area contributed by atoms with E-state index in [-0.39, 0.29) is 23.7 Å². The maximum absolute atomic E-state index is 14.2. The van der Waals surface area contributed by atoms with Gasteiger partial charge < -0.3 is 19.2 Å². The summed E-state index contributed by atoms with van der Waals surface area (Å²) in [5.41, 5.74) is 3.34. The van der Waals surface area contributed by atoms with Crippen LogP contribution < -0.4 is 10.4 Å². The summed E-state index contributed by atoms with van der Waals surface area (Å²) < 4.78 is 54.9. The SMILES string of the molecule is CC(C)(C)[Si](OCC1=C2[C@@H](CC/C(=C/c3ccc(O)c(F)c3)c3ccccn3)OB(O)C[C@@H]2S(=O)(=O)C1)(c1ccccc1)c1ccccc1. The number of pyridine rings is 1. The Hall–Kier alpha value is -3.87. The maximum Gasteiger partial charge on any atom is 0.456 e. The molecule has 3 aromatic carbocycles. The summed E-state index contributed by atoms with van der Waals surface area (Å²) in [4.78, 5) is 4.51. The molecule has 2 N–H and O–H groups in total. The first-order valence-electron chi connectivity index (χ1n) is 16.5. The molecule has 1 saturated heterocycles. The number of phenols is 1. The molecule has 0 amide bonds. The molecule has 4 aromatic rings. The zero-order valence-corrected chi connectivity index (χ0v) is 29.7. The fraction of sp³-hybridized carbons (Fsp3) is 0.289. The molecule has 49 heavy (non-hydrogen) atoms. The summed E-state index contributed by atoms with van der Waals surface area (Å²) in [7, 11) is -7.82. The minimum absolute atomic E-state index is 0.0351. The van der Waals surface area contributed by atoms with Crippen molar-refractivity contribution in [3.8, 4) is 5.75 Å². The van der Waals surface area contributed by atoms with Crippen LogP contribution >= 0.6 is 0 Å². The molecular weight excluding hydrogens is 656 g/mol. The average Bonchev–Trinajstić information content (AvgIpc) is 3.34. The summed E-state index contributed by atoms with van der Waals surface area (Å²) >= 11 is 0. The Morgan fingerprint density at radius 1 is 1.02 bits per heavy atom. The molecule has 6 rings (SSSR count). The van der Waals surface area contributed by atoms with Gasteiger partial charge in [0.15, 0.2) is 21.4 Å². The zero-order valence-electron chi connectivity index (χ0n) is 27.9. The van der Waals surface area contributed by atoms with Crippen LogP contribution in [0.25, 0.3) is 11.6 Å². The molecule has 2 aliphatic heterocycles. The molecule has 0 radical (unpaired) electrons. The summed E-state index contributed by atoms with van der Waals surface area (Å²) in [6, 6.07) is 30.1. The average molecular weight is 698 g/mol. The van der Waals surface area contributed by atoms with Crippen LogP contribution in [-0.4, -0.2) is 62.7 Å². The van der Waals surface area contributed by atoms with E-state index in [4.69, 9.17) is 9.08 Å². The topological polar surface area (TPSA) is 106 Å². The lowest BCUT2D eigenvalue weighted by Gasteiger charge is -2.43. The smallest absolute Gasteiger partial charge is 0.456 e. The highest BCUT2D eigenvalue weighted by Gasteiger charge is 2.52. The molecule has 0 saturated carbocycles. The first-order chi connectivity index (χ1) is 23.4. The van der Waals surface area contributed by atoms with Gasteiger partial charge in [0.1, 0.15) is 0 Å². The first kappa shape index (κ1) is 35.0. The van der Waals surface area contributed by atoms with E-state index in [1.807, 2.05) is 48.5 Å². The Kier molecular flexibility index (Phi) is 10.1. The van der Waals surface area contributed by atoms with Gasteiger partial charge in [-0.25, -0.2) is 12.8 Å². The second kappa shape index (κ2) is 14.2. The van der Waals surface area contributed by atoms with Gasteiger partial charge in [0.2, 0.25) is 0 Å². The second-order valence-electron chi connectivity index (χ2n) is 13.8. The number of fused-ring (bicyclic) bond motifs is 1. The number of allylic oxidation sites excluding steroid dienone is 1. The van der Waals surface area contributed by atoms with Crippen LogP contribution in [0.2, 0.25) is 11.4 Å². The molecule has 0 spiro atoms. The minimum Gasteiger partial charge on any atom is -0.505 e. The fourth-order valence-corrected chi connectivity index (χ4v) is 13.9. The Bertz CT molecular complexity index is 1910. The molecule has 11 heteroatoms. The van der Waals surface area contributed by atoms with Crippen molar-refractivity contribution >= 4 is 47.3 Å². The molecule has 7 nitrogen and oxygen atoms in total. The molecular formula is C38H41BFNO6SSi. The normalized spacial score (nSPS) is 19.6. The highest BCUT2D eigenvalue weighted by atomic mass is 32.2. The Morgan fingerprint density at radius 3 is 2.27 bits per heavy atom. The molecule has 2 atom stereocenters. The van der Waals surface area contributed by atoms with Crippen LogP contribution in [0.1, 0.15) is 44.9 Å². The van der Waals surface area contributed by atoms with Crippen LogP contribution in [0.3, 0.4) is 0 Å². The van der Waals surface area contributed by atoms with Crippen LogP contribution in [-0.2, 0) is 18.9 Å². The number of phenolic OH excluding ortho intramolecular Hbond substituents is 1. The van der Waals surface area contributed by atoms with Crippen molar-refractivity contribution in [2.75, 3.05) is 12.4 Å². The van der Waals surface area contributed by atoms with Crippen molar-refractivity contribution in [1.82, 2.24) is 4.98 Å². The van der Waals surface area contributed by atoms with E-state index in [1.165, 1.54) is 12.1 Å². The molecule has 1 aromatic heterocycles. The van der Waals surface area contributed by atoms with Gasteiger partial charge in [0.25, 0.3) is 8.32 Å². The van der Waals surface area contributed by atoms with Gasteiger partial charge in [-0.2, -0.15) is 0 Å². The minimum atomic E-state index is -3.61. The summed E-state index contributed by atoms with van der Waals surface area (Å²) in [5, 5.41) is 21.5. The summed E-state index contributed by atoms with van der Waals surface area (Å²) in [6.45, 7) is 6.66. The third-order valence-corrected chi connectivity index (χ3v) is 16.6. The number of hydrogen-bond donors (Lipinski definition) is 2. The van der Waals surface area contributed by atoms with Crippen molar-refractivity contribution in [2.24, 2.45) is 0 Å². The Balaban J connectivity index is 1.37. The Labute approximate surface area is 289 Å². The first-order valence-corrected chi connectivity index (χ1v) is 20.1. The maximum atomic E-state index is 14.2. The second-order valence-corrected chi connectivity index (χ2v) is 20.2. The van der Waals surface area contributed by atoms with E-state index in [2.05, 4.69) is 50.0 Å². The van der Waals surface area contributed by atoms with E-state index < -0.39 is 48.2 Å². The number of halogens is 1. The van der Waals surface area contributed by atoms with Crippen molar-refractivity contribution in [3.05, 3.63) is 131 Å². The van der Waals surface area contributed by atoms with Crippen LogP contribution in [0.5, 0.6) is 5.75 Å². The fourth-order valence-electron chi connectivity index (χ4n) is 7.29. The lowest BCUT2D eigenvalue weighted by Crippen LogP contribution is -2.66. The van der Waals surface area contributed by atoms with Gasteiger partial charge in [-0.1, -0.05) is 93.6 Å². The lowest BCUT2D eigenvalue weighted by molar-refractivity contribution is 0.170. The number of sulfone groups is 1. The van der Waals surface area contributed by atoms with E-state index in [1.54, 1.807) is 24.4 Å². The van der Waals surface area contributed by atoms with Crippen LogP contribution in [0, 0.1) is 5.82 Å². The molecule has 0 bridgehead atoms. The van der Waals surface area contributed by atoms with Gasteiger partial charge in [0.05, 0.1) is 29.4 Å². The van der Waals surface area contributed by atoms with Crippen molar-refractivity contribution in [1.29, 1.82) is 0 Å². The number of nitrogens with zero attached hydrogens (tertiary/aromatic N) is 1. The van der Waals surface area contributed by atoms with E-state index in [0.29, 0.717) is 35.2 Å². The predicted molar refractivity (Wildman–Crippen MR) is 195 cm³/mol. The summed E-state index contributed by atoms with van der Waals surface area (Å²) in [5.74, 6) is -1.33. The van der Waals surface area contributed by atoms with Crippen LogP contribution in [0.4, 0.5) is 4.39 Å². The zero-order chi connectivity index (χ0) is 34.8. The van der Waals surface area contributed by atoms with Gasteiger partial charge in [-0.3, -0.25) is 4.98 Å². The van der Waals surface area contributed by atoms with Crippen LogP contribution in [0.15, 0.2) is 114 Å². The van der Waals surface area contributed by atoms with Gasteiger partial charge >= 0.3 is 7.12 Å². The lowest BCUT2D eigenvalue weighted by atomic mass is 9.74. The number of hydrogen-bond acceptors (Lipinski definition) is 7. The standard InChI is InChI=1S/C38H41BFNO6SSi/c1-38(2,3)49(30-12-6-4-7-13-30,31-14-8-5-9-15-31)46-25-29-26-48(44,45)36-24-39(43)47-35(37(29)36)20-18-28(33-16-10-11-21-41-33)22-27-17-19-34(42)32(40)23-27/h4-17,19,21-23,35-36,42-43H,18,20,24-26H2,1-3H3/b28-22-/t35-,36+/m1/s1. The molecule has 254 valence electrons. The quantitative estimate of drug-likeness (QED) is 0.160. The molecule has 1 fully saturated rings. The number of benzene rings is 3. The third-order valence-electron chi connectivity index (χ3n) is 9.51. The van der Waals surface area contributed by atoms with E-state index in [0.717, 1.165) is 15.9 Å². The van der Waals surface area contributed by atoms with Gasteiger partial charge in [-0.15, -0.1) is 0 Å². The van der Waals surface area contributed by atoms with Gasteiger partial charge in [-0.05, 0) is 80.9 Å². The monoisotopic (exact) mass is 697 g/mol. The summed E-state index contributed by atoms with van der Waals surface area (Å²) in [6.07, 6.45) is 3.50. The number of rotatable bonds is 10. The van der Waals surface area contributed by atoms with Gasteiger partial charge in [0, 0.05) is 12.5 Å². The van der Waals surface area contributed by atoms with Crippen molar-refractivity contribution < 1.29 is 32.0 Å². The van der Waals surface area contributed by atoms with Crippen molar-refractivity contribution in [3.63, 3.8) is 0 Å².